The van der Waals surface area contributed by atoms with Gasteiger partial charge in [0.05, 0.1) is 41.8 Å². The van der Waals surface area contributed by atoms with Crippen LogP contribution in [0.1, 0.15) is 108 Å². The van der Waals surface area contributed by atoms with Crippen LogP contribution in [0, 0.1) is 29.2 Å². The lowest BCUT2D eigenvalue weighted by molar-refractivity contribution is -0.250. The Morgan fingerprint density at radius 3 is 2.42 bits per heavy atom. The van der Waals surface area contributed by atoms with Gasteiger partial charge in [-0.2, -0.15) is 5.10 Å². The maximum atomic E-state index is 13.7. The number of thiazole rings is 1. The number of carbonyl (C=O) groups excluding carboxylic acids is 6. The Morgan fingerprint density at radius 1 is 0.826 bits per heavy atom. The molecule has 3 aromatic carbocycles. The predicted octanol–water partition coefficient (Wildman–Crippen LogP) is 8.53. The SMILES string of the molecule is Cc1c(-c2ccc(N3CCc4cccc(C(=O)Nc5nc6ccccc6s5)c4C3)nc2C(=O)O)cnn1CC12CC3(C)CC(C)(C1)CC(OCCOCCNC(=O)OC/C=C/c1cc[c]c(NC(=O)CCNC(=O)CCN4C(=O)C=CC4=O)c1)(C3)C2. The first-order chi connectivity index (χ1) is 41.3. The monoisotopic (exact) mass is 1190 g/mol. The van der Waals surface area contributed by atoms with Crippen LogP contribution >= 0.6 is 11.3 Å². The highest BCUT2D eigenvalue weighted by molar-refractivity contribution is 7.22. The maximum absolute atomic E-state index is 13.7. The Kier molecular flexibility index (Phi) is 17.0. The fraction of sp³-hybridized carbons (Fsp3) is 0.406. The molecule has 6 aromatic rings. The van der Waals surface area contributed by atoms with Crippen molar-refractivity contribution in [2.75, 3.05) is 68.1 Å². The van der Waals surface area contributed by atoms with Crippen molar-refractivity contribution in [3.63, 3.8) is 0 Å². The number of pyridine rings is 1. The summed E-state index contributed by atoms with van der Waals surface area (Å²) in [4.78, 5) is 99.6. The standard InChI is InChI=1S/C64H69N10O11S/c1-41-47(45-16-17-51(70-56(45)58(80)81)72-25-21-43-11-7-13-46(48(43)33-72)57(79)71-59-69-49-14-4-5-15-50(49)86-59)32-67-74(41)40-63-35-61(2)34-62(3,36-63)38-64(37-61,39-63)85-30-29-83-28-24-66-60(82)84-27-8-10-42-9-6-12-44(31-42)68-53(76)20-23-65-52(75)22-26-73-54(77)18-19-55(73)78/h4-11,13-19,31-32H,20-30,33-40H2,1-3H3,(H,65,75)(H,66,82)(H,68,76)(H,80,81)(H,69,71,79)/b10-8+. The van der Waals surface area contributed by atoms with Crippen LogP contribution in [0.25, 0.3) is 27.4 Å². The molecule has 4 saturated carbocycles. The molecule has 3 aromatic heterocycles. The van der Waals surface area contributed by atoms with Crippen LogP contribution in [-0.2, 0) is 52.9 Å². The number of rotatable bonds is 24. The lowest BCUT2D eigenvalue weighted by Gasteiger charge is -2.69. The van der Waals surface area contributed by atoms with Crippen molar-refractivity contribution in [1.82, 2.24) is 35.3 Å². The lowest BCUT2D eigenvalue weighted by atomic mass is 9.39. The molecule has 6 aliphatic rings. The summed E-state index contributed by atoms with van der Waals surface area (Å²) in [6.07, 6.45) is 13.5. The van der Waals surface area contributed by atoms with E-state index in [-0.39, 0.29) is 91.0 Å². The van der Waals surface area contributed by atoms with E-state index in [1.807, 2.05) is 66.4 Å². The first-order valence-corrected chi connectivity index (χ1v) is 29.9. The number of carbonyl (C=O) groups is 7. The highest BCUT2D eigenvalue weighted by Gasteiger charge is 2.66. The van der Waals surface area contributed by atoms with Gasteiger partial charge in [0, 0.05) is 98.4 Å². The number of carboxylic acid groups (broad SMARTS) is 1. The average Bonchev–Trinajstić information content (AvgIpc) is 0.741. The Balaban J connectivity index is 0.627. The number of alkyl carbamates (subject to hydrolysis) is 1. The fourth-order valence-corrected chi connectivity index (χ4v) is 15.4. The molecule has 6 amide bonds. The number of benzene rings is 3. The zero-order chi connectivity index (χ0) is 60.2. The highest BCUT2D eigenvalue weighted by atomic mass is 32.1. The van der Waals surface area contributed by atoms with Crippen molar-refractivity contribution in [3.05, 3.63) is 137 Å². The zero-order valence-electron chi connectivity index (χ0n) is 48.4. The molecule has 5 heterocycles. The molecule has 2 unspecified atom stereocenters. The summed E-state index contributed by atoms with van der Waals surface area (Å²) in [5, 5.41) is 27.2. The van der Waals surface area contributed by atoms with E-state index >= 15 is 0 Å². The minimum Gasteiger partial charge on any atom is -0.476 e. The topological polar surface area (TPSA) is 266 Å². The van der Waals surface area contributed by atoms with E-state index in [2.05, 4.69) is 50.8 Å². The van der Waals surface area contributed by atoms with Crippen LogP contribution in [0.3, 0.4) is 0 Å². The number of aromatic carboxylic acids is 1. The number of hydrogen-bond donors (Lipinski definition) is 5. The molecule has 0 spiro atoms. The summed E-state index contributed by atoms with van der Waals surface area (Å²) in [5.41, 5.74) is 6.23. The molecular weight excluding hydrogens is 1120 g/mol. The molecule has 22 heteroatoms. The fourth-order valence-electron chi connectivity index (χ4n) is 14.6. The van der Waals surface area contributed by atoms with Crippen molar-refractivity contribution >= 4 is 85.9 Å². The number of imide groups is 1. The quantitative estimate of drug-likeness (QED) is 0.0281. The normalized spacial score (nSPS) is 21.9. The number of aromatic nitrogens is 4. The number of nitrogens with one attached hydrogen (secondary N) is 4. The number of para-hydroxylation sites is 1. The van der Waals surface area contributed by atoms with Crippen molar-refractivity contribution in [3.8, 4) is 11.1 Å². The molecular formula is C64H69N10O11S. The molecule has 4 bridgehead atoms. The number of ether oxygens (including phenoxy) is 3. The van der Waals surface area contributed by atoms with Crippen molar-refractivity contribution in [1.29, 1.82) is 0 Å². The molecule has 0 saturated heterocycles. The number of anilines is 3. The second kappa shape index (κ2) is 24.8. The van der Waals surface area contributed by atoms with Gasteiger partial charge in [0.25, 0.3) is 17.7 Å². The Morgan fingerprint density at radius 2 is 1.63 bits per heavy atom. The van der Waals surface area contributed by atoms with Crippen LogP contribution in [0.4, 0.5) is 21.4 Å². The highest BCUT2D eigenvalue weighted by Crippen LogP contribution is 2.72. The van der Waals surface area contributed by atoms with Crippen LogP contribution in [0.2, 0.25) is 0 Å². The summed E-state index contributed by atoms with van der Waals surface area (Å²) >= 11 is 1.42. The summed E-state index contributed by atoms with van der Waals surface area (Å²) in [6.45, 7) is 9.77. The van der Waals surface area contributed by atoms with E-state index in [4.69, 9.17) is 24.3 Å². The van der Waals surface area contributed by atoms with Crippen LogP contribution in [0.5, 0.6) is 0 Å². The predicted molar refractivity (Wildman–Crippen MR) is 322 cm³/mol. The summed E-state index contributed by atoms with van der Waals surface area (Å²) in [7, 11) is 0. The van der Waals surface area contributed by atoms with Crippen molar-refractivity contribution in [2.45, 2.75) is 97.2 Å². The summed E-state index contributed by atoms with van der Waals surface area (Å²) in [5.74, 6) is -2.51. The second-order valence-electron chi connectivity index (χ2n) is 24.1. The minimum absolute atomic E-state index is 0.000168. The first kappa shape index (κ1) is 59.1. The Hall–Kier alpha value is -8.60. The number of carboxylic acids is 1. The zero-order valence-corrected chi connectivity index (χ0v) is 49.2. The van der Waals surface area contributed by atoms with Crippen molar-refractivity contribution in [2.24, 2.45) is 16.2 Å². The van der Waals surface area contributed by atoms with Gasteiger partial charge in [-0.15, -0.1) is 0 Å². The van der Waals surface area contributed by atoms with E-state index in [1.54, 1.807) is 36.5 Å². The van der Waals surface area contributed by atoms with Gasteiger partial charge in [0.1, 0.15) is 12.4 Å². The molecule has 2 atom stereocenters. The molecule has 447 valence electrons. The number of nitrogens with zero attached hydrogens (tertiary/aromatic N) is 6. The van der Waals surface area contributed by atoms with Gasteiger partial charge in [-0.25, -0.2) is 19.6 Å². The van der Waals surface area contributed by atoms with Crippen molar-refractivity contribution < 1.29 is 52.9 Å². The van der Waals surface area contributed by atoms with E-state index in [0.29, 0.717) is 67.0 Å². The van der Waals surface area contributed by atoms with E-state index in [0.717, 1.165) is 93.7 Å². The second-order valence-corrected chi connectivity index (χ2v) is 25.1. The average molecular weight is 1190 g/mol. The van der Waals surface area contributed by atoms with Gasteiger partial charge < -0.3 is 40.2 Å². The number of amides is 6. The van der Waals surface area contributed by atoms with Gasteiger partial charge in [0.2, 0.25) is 11.8 Å². The van der Waals surface area contributed by atoms with Gasteiger partial charge in [-0.3, -0.25) is 38.9 Å². The molecule has 4 aliphatic carbocycles. The molecule has 12 rings (SSSR count). The Labute approximate surface area is 501 Å². The van der Waals surface area contributed by atoms with Gasteiger partial charge in [-0.1, -0.05) is 67.7 Å². The summed E-state index contributed by atoms with van der Waals surface area (Å²) < 4.78 is 21.2. The largest absolute Gasteiger partial charge is 0.476 e. The number of hydrogen-bond acceptors (Lipinski definition) is 15. The lowest BCUT2D eigenvalue weighted by Crippen LogP contribution is -2.64. The third-order valence-electron chi connectivity index (χ3n) is 17.0. The Bertz CT molecular complexity index is 3630. The first-order valence-electron chi connectivity index (χ1n) is 29.1. The van der Waals surface area contributed by atoms with Crippen LogP contribution in [0.15, 0.2) is 97.2 Å². The van der Waals surface area contributed by atoms with E-state index in [9.17, 15) is 38.7 Å². The third-order valence-corrected chi connectivity index (χ3v) is 17.9. The van der Waals surface area contributed by atoms with Gasteiger partial charge in [-0.05, 0) is 127 Å². The maximum Gasteiger partial charge on any atom is 0.407 e. The van der Waals surface area contributed by atoms with E-state index in [1.165, 1.54) is 11.3 Å². The number of fused-ring (bicyclic) bond motifs is 2. The third kappa shape index (κ3) is 13.4. The molecule has 5 N–H and O–H groups in total. The minimum atomic E-state index is -1.13. The van der Waals surface area contributed by atoms with Crippen LogP contribution < -0.4 is 26.2 Å². The molecule has 2 aliphatic heterocycles. The van der Waals surface area contributed by atoms with Gasteiger partial charge >= 0.3 is 12.1 Å². The molecule has 86 heavy (non-hydrogen) atoms. The summed E-state index contributed by atoms with van der Waals surface area (Å²) in [6, 6.07) is 25.3. The smallest absolute Gasteiger partial charge is 0.407 e. The molecule has 21 nitrogen and oxygen atoms in total. The molecule has 1 radical (unpaired) electrons. The van der Waals surface area contributed by atoms with E-state index < -0.39 is 23.9 Å². The van der Waals surface area contributed by atoms with Crippen LogP contribution in [-0.4, -0.2) is 130 Å². The van der Waals surface area contributed by atoms with Gasteiger partial charge in [0.15, 0.2) is 10.8 Å². The molecule has 4 fully saturated rings.